The Bertz CT molecular complexity index is 714. The van der Waals surface area contributed by atoms with Gasteiger partial charge in [0.15, 0.2) is 0 Å². The van der Waals surface area contributed by atoms with E-state index in [1.165, 1.54) is 30.5 Å². The molecular weight excluding hydrogens is 264 g/mol. The third kappa shape index (κ3) is 3.09. The van der Waals surface area contributed by atoms with Crippen LogP contribution in [0.5, 0.6) is 5.88 Å². The largest absolute Gasteiger partial charge is 0.358 e. The first-order chi connectivity index (χ1) is 9.01. The van der Waals surface area contributed by atoms with Crippen molar-refractivity contribution in [2.45, 2.75) is 11.8 Å². The molecule has 1 heterocycles. The Balaban J connectivity index is 2.26. The molecule has 1 aromatic carbocycles. The number of benzene rings is 1. The summed E-state index contributed by atoms with van der Waals surface area (Å²) in [5, 5.41) is 8.62. The van der Waals surface area contributed by atoms with Gasteiger partial charge in [0, 0.05) is 12.3 Å². The summed E-state index contributed by atoms with van der Waals surface area (Å²) >= 11 is 0. The minimum atomic E-state index is -3.90. The zero-order valence-electron chi connectivity index (χ0n) is 10.1. The van der Waals surface area contributed by atoms with E-state index >= 15 is 0 Å². The molecule has 0 unspecified atom stereocenters. The van der Waals surface area contributed by atoms with Crippen LogP contribution in [0.2, 0.25) is 0 Å². The van der Waals surface area contributed by atoms with E-state index in [9.17, 15) is 8.42 Å². The van der Waals surface area contributed by atoms with Crippen LogP contribution in [0.1, 0.15) is 11.1 Å². The third-order valence-corrected chi connectivity index (χ3v) is 3.61. The summed E-state index contributed by atoms with van der Waals surface area (Å²) in [5.74, 6) is -0.0698. The third-order valence-electron chi connectivity index (χ3n) is 2.37. The SMILES string of the molecule is Cc1ccc(S(=O)(=O)Oc2ccc(C#N)cn2)cc1. The van der Waals surface area contributed by atoms with Crippen molar-refractivity contribution in [1.82, 2.24) is 4.98 Å². The van der Waals surface area contributed by atoms with E-state index in [0.29, 0.717) is 5.56 Å². The predicted octanol–water partition coefficient (Wildman–Crippen LogP) is 2.03. The molecule has 2 rings (SSSR count). The van der Waals surface area contributed by atoms with Crippen molar-refractivity contribution < 1.29 is 12.6 Å². The van der Waals surface area contributed by atoms with Crippen LogP contribution in [0, 0.1) is 18.3 Å². The summed E-state index contributed by atoms with van der Waals surface area (Å²) < 4.78 is 28.8. The first-order valence-corrected chi connectivity index (χ1v) is 6.79. The molecule has 5 nitrogen and oxygen atoms in total. The van der Waals surface area contributed by atoms with Gasteiger partial charge in [0.25, 0.3) is 0 Å². The van der Waals surface area contributed by atoms with Gasteiger partial charge in [-0.3, -0.25) is 0 Å². The van der Waals surface area contributed by atoms with Crippen molar-refractivity contribution >= 4 is 10.1 Å². The van der Waals surface area contributed by atoms with E-state index in [4.69, 9.17) is 9.44 Å². The van der Waals surface area contributed by atoms with Gasteiger partial charge in [0.1, 0.15) is 11.0 Å². The fourth-order valence-electron chi connectivity index (χ4n) is 1.36. The van der Waals surface area contributed by atoms with Crippen molar-refractivity contribution in [3.05, 3.63) is 53.7 Å². The van der Waals surface area contributed by atoms with Crippen LogP contribution < -0.4 is 4.18 Å². The van der Waals surface area contributed by atoms with Gasteiger partial charge < -0.3 is 4.18 Å². The van der Waals surface area contributed by atoms with Crippen molar-refractivity contribution in [2.24, 2.45) is 0 Å². The molecule has 0 radical (unpaired) electrons. The van der Waals surface area contributed by atoms with Gasteiger partial charge in [-0.15, -0.1) is 0 Å². The minimum Gasteiger partial charge on any atom is -0.358 e. The second-order valence-electron chi connectivity index (χ2n) is 3.85. The number of pyridine rings is 1. The molecule has 0 spiro atoms. The van der Waals surface area contributed by atoms with E-state index in [1.54, 1.807) is 12.1 Å². The van der Waals surface area contributed by atoms with Gasteiger partial charge in [-0.05, 0) is 25.1 Å². The highest BCUT2D eigenvalue weighted by atomic mass is 32.2. The van der Waals surface area contributed by atoms with E-state index in [2.05, 4.69) is 4.98 Å². The quantitative estimate of drug-likeness (QED) is 0.800. The number of hydrogen-bond acceptors (Lipinski definition) is 5. The molecule has 0 atom stereocenters. The molecule has 0 amide bonds. The molecule has 0 bridgehead atoms. The smallest absolute Gasteiger partial charge is 0.340 e. The maximum Gasteiger partial charge on any atom is 0.340 e. The Hall–Kier alpha value is -2.39. The van der Waals surface area contributed by atoms with Crippen LogP contribution >= 0.6 is 0 Å². The molecule has 1 aromatic heterocycles. The average Bonchev–Trinajstić information content (AvgIpc) is 2.40. The van der Waals surface area contributed by atoms with Gasteiger partial charge in [0.05, 0.1) is 5.56 Å². The first-order valence-electron chi connectivity index (χ1n) is 5.38. The molecule has 2 aromatic rings. The van der Waals surface area contributed by atoms with Crippen molar-refractivity contribution in [3.63, 3.8) is 0 Å². The molecule has 0 aliphatic carbocycles. The molecule has 0 saturated heterocycles. The lowest BCUT2D eigenvalue weighted by Gasteiger charge is -2.06. The van der Waals surface area contributed by atoms with Gasteiger partial charge in [0.2, 0.25) is 5.88 Å². The molecule has 96 valence electrons. The molecular formula is C13H10N2O3S. The summed E-state index contributed by atoms with van der Waals surface area (Å²) in [6, 6.07) is 11.0. The molecule has 0 fully saturated rings. The lowest BCUT2D eigenvalue weighted by molar-refractivity contribution is 0.476. The number of rotatable bonds is 3. The Morgan fingerprint density at radius 2 is 1.84 bits per heavy atom. The summed E-state index contributed by atoms with van der Waals surface area (Å²) in [5.41, 5.74) is 1.29. The van der Waals surface area contributed by atoms with Crippen LogP contribution in [0.15, 0.2) is 47.5 Å². The van der Waals surface area contributed by atoms with E-state index in [0.717, 1.165) is 5.56 Å². The standard InChI is InChI=1S/C13H10N2O3S/c1-10-2-5-12(6-3-10)19(16,17)18-13-7-4-11(8-14)9-15-13/h2-7,9H,1H3. The van der Waals surface area contributed by atoms with E-state index < -0.39 is 10.1 Å². The zero-order chi connectivity index (χ0) is 13.9. The number of aryl methyl sites for hydroxylation is 1. The molecule has 0 saturated carbocycles. The van der Waals surface area contributed by atoms with E-state index in [-0.39, 0.29) is 10.8 Å². The van der Waals surface area contributed by atoms with Crippen molar-refractivity contribution in [3.8, 4) is 11.9 Å². The number of aromatic nitrogens is 1. The molecule has 0 aliphatic rings. The monoisotopic (exact) mass is 274 g/mol. The topological polar surface area (TPSA) is 80.0 Å². The zero-order valence-corrected chi connectivity index (χ0v) is 10.9. The second kappa shape index (κ2) is 5.08. The predicted molar refractivity (Wildman–Crippen MR) is 67.9 cm³/mol. The molecule has 6 heteroatoms. The Kier molecular flexibility index (Phi) is 3.49. The average molecular weight is 274 g/mol. The lowest BCUT2D eigenvalue weighted by Crippen LogP contribution is -2.10. The summed E-state index contributed by atoms with van der Waals surface area (Å²) in [6.45, 7) is 1.86. The van der Waals surface area contributed by atoms with Crippen LogP contribution in [-0.2, 0) is 10.1 Å². The fourth-order valence-corrected chi connectivity index (χ4v) is 2.25. The molecule has 0 N–H and O–H groups in total. The fraction of sp³-hybridized carbons (Fsp3) is 0.0769. The molecule has 19 heavy (non-hydrogen) atoms. The normalized spacial score (nSPS) is 10.7. The van der Waals surface area contributed by atoms with Gasteiger partial charge in [-0.2, -0.15) is 13.7 Å². The van der Waals surface area contributed by atoms with Crippen LogP contribution in [-0.4, -0.2) is 13.4 Å². The molecule has 0 aliphatic heterocycles. The number of nitriles is 1. The van der Waals surface area contributed by atoms with E-state index in [1.807, 2.05) is 13.0 Å². The lowest BCUT2D eigenvalue weighted by atomic mass is 10.2. The Morgan fingerprint density at radius 1 is 1.16 bits per heavy atom. The van der Waals surface area contributed by atoms with Crippen LogP contribution in [0.25, 0.3) is 0 Å². The van der Waals surface area contributed by atoms with Gasteiger partial charge in [-0.25, -0.2) is 4.98 Å². The Morgan fingerprint density at radius 3 is 2.37 bits per heavy atom. The van der Waals surface area contributed by atoms with Gasteiger partial charge >= 0.3 is 10.1 Å². The summed E-state index contributed by atoms with van der Waals surface area (Å²) in [6.07, 6.45) is 1.25. The number of nitrogens with zero attached hydrogens (tertiary/aromatic N) is 2. The highest BCUT2D eigenvalue weighted by molar-refractivity contribution is 7.87. The van der Waals surface area contributed by atoms with Crippen molar-refractivity contribution in [1.29, 1.82) is 5.26 Å². The first kappa shape index (κ1) is 13.1. The maximum absolute atomic E-state index is 11.9. The van der Waals surface area contributed by atoms with Crippen molar-refractivity contribution in [2.75, 3.05) is 0 Å². The summed E-state index contributed by atoms with van der Waals surface area (Å²) in [4.78, 5) is 3.81. The second-order valence-corrected chi connectivity index (χ2v) is 5.39. The van der Waals surface area contributed by atoms with Crippen LogP contribution in [0.3, 0.4) is 0 Å². The Labute approximate surface area is 111 Å². The maximum atomic E-state index is 11.9. The minimum absolute atomic E-state index is 0.0595. The highest BCUT2D eigenvalue weighted by Gasteiger charge is 2.16. The van der Waals surface area contributed by atoms with Gasteiger partial charge in [-0.1, -0.05) is 17.7 Å². The highest BCUT2D eigenvalue weighted by Crippen LogP contribution is 2.17. The van der Waals surface area contributed by atoms with Crippen LogP contribution in [0.4, 0.5) is 0 Å². The summed E-state index contributed by atoms with van der Waals surface area (Å²) in [7, 11) is -3.90. The number of hydrogen-bond donors (Lipinski definition) is 0.